The van der Waals surface area contributed by atoms with Crippen LogP contribution in [0.3, 0.4) is 0 Å². The quantitative estimate of drug-likeness (QED) is 0.460. The van der Waals surface area contributed by atoms with E-state index < -0.39 is 0 Å². The number of nitrogens with zero attached hydrogens (tertiary/aromatic N) is 1. The molecule has 2 amide bonds. The van der Waals surface area contributed by atoms with Crippen molar-refractivity contribution in [2.75, 3.05) is 26.4 Å². The van der Waals surface area contributed by atoms with E-state index in [0.29, 0.717) is 18.0 Å². The van der Waals surface area contributed by atoms with Crippen molar-refractivity contribution in [1.82, 2.24) is 10.7 Å². The second-order valence-corrected chi connectivity index (χ2v) is 6.69. The molecule has 2 N–H and O–H groups in total. The Morgan fingerprint density at radius 3 is 2.40 bits per heavy atom. The molecule has 1 heterocycles. The average Bonchev–Trinajstić information content (AvgIpc) is 3.30. The van der Waals surface area contributed by atoms with Gasteiger partial charge in [0.25, 0.3) is 11.8 Å². The summed E-state index contributed by atoms with van der Waals surface area (Å²) in [5, 5.41) is 6.70. The van der Waals surface area contributed by atoms with Crippen LogP contribution < -0.4 is 20.2 Å². The number of para-hydroxylation sites is 1. The minimum Gasteiger partial charge on any atom is -0.484 e. The summed E-state index contributed by atoms with van der Waals surface area (Å²) in [5.41, 5.74) is 3.18. The molecule has 1 atom stereocenters. The van der Waals surface area contributed by atoms with Crippen LogP contribution >= 0.6 is 0 Å². The molecule has 0 spiro atoms. The smallest absolute Gasteiger partial charge is 0.277 e. The van der Waals surface area contributed by atoms with Gasteiger partial charge in [0.1, 0.15) is 11.5 Å². The van der Waals surface area contributed by atoms with Gasteiger partial charge in [0.2, 0.25) is 0 Å². The lowest BCUT2D eigenvalue weighted by Crippen LogP contribution is -2.35. The number of benzene rings is 2. The topological polar surface area (TPSA) is 98.2 Å². The van der Waals surface area contributed by atoms with Crippen LogP contribution in [0, 0.1) is 0 Å². The first-order valence-corrected chi connectivity index (χ1v) is 9.80. The number of rotatable bonds is 10. The first kappa shape index (κ1) is 21.3. The fourth-order valence-electron chi connectivity index (χ4n) is 2.76. The van der Waals surface area contributed by atoms with Crippen molar-refractivity contribution < 1.29 is 23.8 Å². The highest BCUT2D eigenvalue weighted by Crippen LogP contribution is 2.12. The van der Waals surface area contributed by atoms with Gasteiger partial charge in [0, 0.05) is 13.2 Å². The molecule has 0 bridgehead atoms. The summed E-state index contributed by atoms with van der Waals surface area (Å²) in [6.07, 6.45) is 3.64. The van der Waals surface area contributed by atoms with E-state index in [1.54, 1.807) is 36.4 Å². The Hall–Kier alpha value is -3.39. The zero-order valence-electron chi connectivity index (χ0n) is 16.6. The van der Waals surface area contributed by atoms with E-state index in [1.807, 2.05) is 18.2 Å². The Morgan fingerprint density at radius 2 is 1.70 bits per heavy atom. The largest absolute Gasteiger partial charge is 0.484 e. The molecule has 0 radical (unpaired) electrons. The number of hydrazone groups is 1. The van der Waals surface area contributed by atoms with Crippen LogP contribution in [-0.4, -0.2) is 50.5 Å². The normalized spacial score (nSPS) is 15.7. The maximum Gasteiger partial charge on any atom is 0.277 e. The van der Waals surface area contributed by atoms with Crippen LogP contribution in [0.15, 0.2) is 59.7 Å². The van der Waals surface area contributed by atoms with Gasteiger partial charge in [0.15, 0.2) is 13.2 Å². The molecule has 8 heteroatoms. The molecular formula is C22H25N3O5. The Balaban J connectivity index is 1.33. The minimum absolute atomic E-state index is 0.0579. The second kappa shape index (κ2) is 11.6. The third kappa shape index (κ3) is 7.56. The summed E-state index contributed by atoms with van der Waals surface area (Å²) in [5.74, 6) is 0.646. The molecule has 2 aromatic carbocycles. The van der Waals surface area contributed by atoms with Gasteiger partial charge in [-0.2, -0.15) is 5.10 Å². The third-order valence-electron chi connectivity index (χ3n) is 4.32. The number of amides is 2. The molecule has 158 valence electrons. The highest BCUT2D eigenvalue weighted by molar-refractivity contribution is 5.83. The van der Waals surface area contributed by atoms with Crippen LogP contribution in [0.25, 0.3) is 0 Å². The number of carbonyl (C=O) groups is 2. The molecule has 0 unspecified atom stereocenters. The highest BCUT2D eigenvalue weighted by Gasteiger charge is 2.16. The zero-order valence-corrected chi connectivity index (χ0v) is 16.6. The SMILES string of the molecule is O=C(COc1ccc(/C=N/NC(=O)COc2ccccc2)cc1)NC[C@H]1CCCO1. The number of hydrogen-bond donors (Lipinski definition) is 2. The Kier molecular flexibility index (Phi) is 8.23. The lowest BCUT2D eigenvalue weighted by Gasteiger charge is -2.11. The predicted octanol–water partition coefficient (Wildman–Crippen LogP) is 1.89. The Labute approximate surface area is 175 Å². The summed E-state index contributed by atoms with van der Waals surface area (Å²) >= 11 is 0. The van der Waals surface area contributed by atoms with Crippen molar-refractivity contribution in [1.29, 1.82) is 0 Å². The lowest BCUT2D eigenvalue weighted by molar-refractivity contribution is -0.124. The van der Waals surface area contributed by atoms with E-state index in [2.05, 4.69) is 15.8 Å². The summed E-state index contributed by atoms with van der Waals surface area (Å²) < 4.78 is 16.3. The molecule has 1 aliphatic rings. The van der Waals surface area contributed by atoms with E-state index in [9.17, 15) is 9.59 Å². The molecular weight excluding hydrogens is 386 g/mol. The average molecular weight is 411 g/mol. The lowest BCUT2D eigenvalue weighted by atomic mass is 10.2. The Bertz CT molecular complexity index is 834. The molecule has 1 aliphatic heterocycles. The maximum atomic E-state index is 11.8. The van der Waals surface area contributed by atoms with Crippen molar-refractivity contribution in [2.45, 2.75) is 18.9 Å². The van der Waals surface area contributed by atoms with Gasteiger partial charge in [-0.05, 0) is 54.8 Å². The zero-order chi connectivity index (χ0) is 21.0. The molecule has 30 heavy (non-hydrogen) atoms. The van der Waals surface area contributed by atoms with Gasteiger partial charge in [-0.1, -0.05) is 18.2 Å². The summed E-state index contributed by atoms with van der Waals surface area (Å²) in [7, 11) is 0. The van der Waals surface area contributed by atoms with E-state index >= 15 is 0 Å². The van der Waals surface area contributed by atoms with Gasteiger partial charge in [-0.3, -0.25) is 9.59 Å². The van der Waals surface area contributed by atoms with E-state index in [0.717, 1.165) is 25.0 Å². The monoisotopic (exact) mass is 411 g/mol. The molecule has 1 saturated heterocycles. The van der Waals surface area contributed by atoms with Crippen molar-refractivity contribution in [3.63, 3.8) is 0 Å². The van der Waals surface area contributed by atoms with Gasteiger partial charge < -0.3 is 19.5 Å². The minimum atomic E-state index is -0.357. The second-order valence-electron chi connectivity index (χ2n) is 6.69. The first-order chi connectivity index (χ1) is 14.7. The number of hydrogen-bond acceptors (Lipinski definition) is 6. The van der Waals surface area contributed by atoms with E-state index in [4.69, 9.17) is 14.2 Å². The highest BCUT2D eigenvalue weighted by atomic mass is 16.5. The first-order valence-electron chi connectivity index (χ1n) is 9.80. The summed E-state index contributed by atoms with van der Waals surface area (Å²) in [6.45, 7) is 1.10. The molecule has 3 rings (SSSR count). The van der Waals surface area contributed by atoms with Crippen LogP contribution in [0.4, 0.5) is 0 Å². The molecule has 1 fully saturated rings. The third-order valence-corrected chi connectivity index (χ3v) is 4.32. The van der Waals surface area contributed by atoms with Crippen molar-refractivity contribution in [2.24, 2.45) is 5.10 Å². The van der Waals surface area contributed by atoms with Crippen molar-refractivity contribution >= 4 is 18.0 Å². The standard InChI is InChI=1S/C22H25N3O5/c26-21(23-14-20-7-4-12-28-20)15-29-19-10-8-17(9-11-19)13-24-25-22(27)16-30-18-5-2-1-3-6-18/h1-3,5-6,8-11,13,20H,4,7,12,14-16H2,(H,23,26)(H,25,27)/b24-13+/t20-/m1/s1. The maximum absolute atomic E-state index is 11.8. The van der Waals surface area contributed by atoms with E-state index in [1.165, 1.54) is 6.21 Å². The fourth-order valence-corrected chi connectivity index (χ4v) is 2.76. The van der Waals surface area contributed by atoms with Crippen LogP contribution in [0.2, 0.25) is 0 Å². The predicted molar refractivity (Wildman–Crippen MR) is 112 cm³/mol. The fraction of sp³-hybridized carbons (Fsp3) is 0.318. The molecule has 0 aliphatic carbocycles. The van der Waals surface area contributed by atoms with Crippen molar-refractivity contribution in [3.8, 4) is 11.5 Å². The summed E-state index contributed by atoms with van der Waals surface area (Å²) in [6, 6.07) is 16.1. The summed E-state index contributed by atoms with van der Waals surface area (Å²) in [4.78, 5) is 23.6. The molecule has 0 aromatic heterocycles. The molecule has 0 saturated carbocycles. The van der Waals surface area contributed by atoms with E-state index in [-0.39, 0.29) is 31.1 Å². The number of nitrogens with one attached hydrogen (secondary N) is 2. The van der Waals surface area contributed by atoms with Gasteiger partial charge in [0.05, 0.1) is 12.3 Å². The van der Waals surface area contributed by atoms with Crippen LogP contribution in [-0.2, 0) is 14.3 Å². The Morgan fingerprint density at radius 1 is 1.00 bits per heavy atom. The number of ether oxygens (including phenoxy) is 3. The van der Waals surface area contributed by atoms with Crippen LogP contribution in [0.1, 0.15) is 18.4 Å². The number of carbonyl (C=O) groups excluding carboxylic acids is 2. The van der Waals surface area contributed by atoms with Gasteiger partial charge in [-0.15, -0.1) is 0 Å². The van der Waals surface area contributed by atoms with Crippen LogP contribution in [0.5, 0.6) is 11.5 Å². The van der Waals surface area contributed by atoms with Gasteiger partial charge in [-0.25, -0.2) is 5.43 Å². The molecule has 2 aromatic rings. The van der Waals surface area contributed by atoms with Crippen molar-refractivity contribution in [3.05, 3.63) is 60.2 Å². The molecule has 8 nitrogen and oxygen atoms in total. The van der Waals surface area contributed by atoms with Gasteiger partial charge >= 0.3 is 0 Å².